The van der Waals surface area contributed by atoms with Crippen molar-refractivity contribution in [3.8, 4) is 6.07 Å². The fraction of sp³-hybridized carbons (Fsp3) is 0.500. The lowest BCUT2D eigenvalue weighted by Crippen LogP contribution is -2.45. The molecule has 126 valence electrons. The van der Waals surface area contributed by atoms with Crippen LogP contribution >= 0.6 is 0 Å². The SMILES string of the molecule is N#CC1(NC(=O)C(CC2CC2)OC(=O)NCc2ccccc2)CC1. The van der Waals surface area contributed by atoms with Crippen molar-refractivity contribution < 1.29 is 14.3 Å². The molecule has 0 aliphatic heterocycles. The number of ether oxygens (including phenoxy) is 1. The number of carbonyl (C=O) groups excluding carboxylic acids is 2. The van der Waals surface area contributed by atoms with Gasteiger partial charge in [0.1, 0.15) is 5.54 Å². The summed E-state index contributed by atoms with van der Waals surface area (Å²) in [6, 6.07) is 11.6. The Morgan fingerprint density at radius 1 is 1.29 bits per heavy atom. The standard InChI is InChI=1S/C18H21N3O3/c19-12-18(8-9-18)21-16(22)15(10-13-6-7-13)24-17(23)20-11-14-4-2-1-3-5-14/h1-5,13,15H,6-11H2,(H,20,23)(H,21,22). The van der Waals surface area contributed by atoms with Gasteiger partial charge in [0.05, 0.1) is 6.07 Å². The fourth-order valence-corrected chi connectivity index (χ4v) is 2.51. The van der Waals surface area contributed by atoms with Crippen LogP contribution in [0.25, 0.3) is 0 Å². The number of benzene rings is 1. The van der Waals surface area contributed by atoms with E-state index in [1.807, 2.05) is 30.3 Å². The summed E-state index contributed by atoms with van der Waals surface area (Å²) in [5.41, 5.74) is 0.210. The van der Waals surface area contributed by atoms with Gasteiger partial charge in [-0.3, -0.25) is 4.79 Å². The highest BCUT2D eigenvalue weighted by Gasteiger charge is 2.46. The minimum Gasteiger partial charge on any atom is -0.436 e. The van der Waals surface area contributed by atoms with Crippen LogP contribution in [0.3, 0.4) is 0 Å². The topological polar surface area (TPSA) is 91.2 Å². The maximum absolute atomic E-state index is 12.4. The molecule has 2 fully saturated rings. The molecule has 1 aromatic rings. The average Bonchev–Trinajstić information content (AvgIpc) is 3.50. The Morgan fingerprint density at radius 3 is 2.58 bits per heavy atom. The van der Waals surface area contributed by atoms with E-state index in [1.54, 1.807) is 0 Å². The van der Waals surface area contributed by atoms with E-state index < -0.39 is 17.7 Å². The predicted molar refractivity (Wildman–Crippen MR) is 86.6 cm³/mol. The van der Waals surface area contributed by atoms with E-state index in [9.17, 15) is 9.59 Å². The van der Waals surface area contributed by atoms with E-state index in [1.165, 1.54) is 0 Å². The Bertz CT molecular complexity index is 645. The number of hydrogen-bond donors (Lipinski definition) is 2. The summed E-state index contributed by atoms with van der Waals surface area (Å²) in [6.45, 7) is 0.347. The molecule has 1 atom stereocenters. The molecule has 2 aliphatic carbocycles. The molecule has 0 heterocycles. The van der Waals surface area contributed by atoms with Crippen LogP contribution in [0, 0.1) is 17.2 Å². The highest BCUT2D eigenvalue weighted by atomic mass is 16.6. The predicted octanol–water partition coefficient (Wildman–Crippen LogP) is 2.25. The highest BCUT2D eigenvalue weighted by Crippen LogP contribution is 2.36. The third kappa shape index (κ3) is 4.48. The van der Waals surface area contributed by atoms with Crippen LogP contribution in [-0.4, -0.2) is 23.6 Å². The summed E-state index contributed by atoms with van der Waals surface area (Å²) in [7, 11) is 0. The van der Waals surface area contributed by atoms with Crippen molar-refractivity contribution in [2.75, 3.05) is 0 Å². The molecule has 6 heteroatoms. The molecule has 2 aliphatic rings. The van der Waals surface area contributed by atoms with Crippen molar-refractivity contribution in [2.24, 2.45) is 5.92 Å². The van der Waals surface area contributed by atoms with Gasteiger partial charge in [-0.15, -0.1) is 0 Å². The third-order valence-corrected chi connectivity index (χ3v) is 4.39. The second kappa shape index (κ2) is 6.91. The second-order valence-electron chi connectivity index (χ2n) is 6.60. The van der Waals surface area contributed by atoms with E-state index in [2.05, 4.69) is 16.7 Å². The molecule has 0 aromatic heterocycles. The van der Waals surface area contributed by atoms with Gasteiger partial charge in [-0.1, -0.05) is 43.2 Å². The zero-order valence-corrected chi connectivity index (χ0v) is 13.5. The molecular weight excluding hydrogens is 306 g/mol. The Kier molecular flexibility index (Phi) is 4.70. The Hall–Kier alpha value is -2.55. The van der Waals surface area contributed by atoms with Gasteiger partial charge >= 0.3 is 6.09 Å². The number of rotatable bonds is 7. The first-order valence-corrected chi connectivity index (χ1v) is 8.32. The number of carbonyl (C=O) groups is 2. The van der Waals surface area contributed by atoms with Gasteiger partial charge in [0.25, 0.3) is 5.91 Å². The molecule has 3 rings (SSSR count). The maximum atomic E-state index is 12.4. The van der Waals surface area contributed by atoms with Crippen LogP contribution in [0.15, 0.2) is 30.3 Å². The Balaban J connectivity index is 1.52. The number of nitrogens with one attached hydrogen (secondary N) is 2. The van der Waals surface area contributed by atoms with Crippen molar-refractivity contribution in [2.45, 2.75) is 50.3 Å². The quantitative estimate of drug-likeness (QED) is 0.803. The molecule has 0 radical (unpaired) electrons. The van der Waals surface area contributed by atoms with E-state index in [0.717, 1.165) is 18.4 Å². The fourth-order valence-electron chi connectivity index (χ4n) is 2.51. The Labute approximate surface area is 141 Å². The van der Waals surface area contributed by atoms with Crippen molar-refractivity contribution in [1.29, 1.82) is 5.26 Å². The third-order valence-electron chi connectivity index (χ3n) is 4.39. The summed E-state index contributed by atoms with van der Waals surface area (Å²) in [6.07, 6.45) is 2.51. The van der Waals surface area contributed by atoms with Crippen molar-refractivity contribution >= 4 is 12.0 Å². The lowest BCUT2D eigenvalue weighted by atomic mass is 10.1. The van der Waals surface area contributed by atoms with Crippen LogP contribution in [-0.2, 0) is 16.1 Å². The zero-order valence-electron chi connectivity index (χ0n) is 13.5. The average molecular weight is 327 g/mol. The van der Waals surface area contributed by atoms with E-state index in [-0.39, 0.29) is 5.91 Å². The summed E-state index contributed by atoms with van der Waals surface area (Å²) < 4.78 is 5.33. The second-order valence-corrected chi connectivity index (χ2v) is 6.60. The monoisotopic (exact) mass is 327 g/mol. The minimum atomic E-state index is -0.834. The lowest BCUT2D eigenvalue weighted by molar-refractivity contribution is -0.130. The molecule has 0 spiro atoms. The summed E-state index contributed by atoms with van der Waals surface area (Å²) >= 11 is 0. The molecule has 1 aromatic carbocycles. The minimum absolute atomic E-state index is 0.347. The molecule has 0 saturated heterocycles. The van der Waals surface area contributed by atoms with Gasteiger partial charge < -0.3 is 15.4 Å². The van der Waals surface area contributed by atoms with E-state index >= 15 is 0 Å². The van der Waals surface area contributed by atoms with Crippen LogP contribution in [0.1, 0.15) is 37.7 Å². The molecule has 2 N–H and O–H groups in total. The number of nitrogens with zero attached hydrogens (tertiary/aromatic N) is 1. The molecule has 24 heavy (non-hydrogen) atoms. The lowest BCUT2D eigenvalue weighted by Gasteiger charge is -2.19. The van der Waals surface area contributed by atoms with Gasteiger partial charge in [0.15, 0.2) is 6.10 Å². The van der Waals surface area contributed by atoms with Gasteiger partial charge in [-0.25, -0.2) is 4.79 Å². The summed E-state index contributed by atoms with van der Waals surface area (Å²) in [5.74, 6) is 0.0655. The van der Waals surface area contributed by atoms with Gasteiger partial charge in [0.2, 0.25) is 0 Å². The number of amides is 2. The molecule has 2 saturated carbocycles. The largest absolute Gasteiger partial charge is 0.436 e. The van der Waals surface area contributed by atoms with Gasteiger partial charge in [0, 0.05) is 6.54 Å². The maximum Gasteiger partial charge on any atom is 0.408 e. The first kappa shape index (κ1) is 16.3. The molecule has 0 bridgehead atoms. The molecule has 6 nitrogen and oxygen atoms in total. The van der Waals surface area contributed by atoms with Crippen LogP contribution < -0.4 is 10.6 Å². The summed E-state index contributed by atoms with van der Waals surface area (Å²) in [4.78, 5) is 24.4. The van der Waals surface area contributed by atoms with Crippen molar-refractivity contribution in [3.05, 3.63) is 35.9 Å². The first-order valence-electron chi connectivity index (χ1n) is 8.32. The van der Waals surface area contributed by atoms with Crippen LogP contribution in [0.4, 0.5) is 4.79 Å². The van der Waals surface area contributed by atoms with Crippen LogP contribution in [0.2, 0.25) is 0 Å². The number of hydrogen-bond acceptors (Lipinski definition) is 4. The highest BCUT2D eigenvalue weighted by molar-refractivity contribution is 5.84. The molecule has 2 amide bonds. The van der Waals surface area contributed by atoms with Gasteiger partial charge in [-0.2, -0.15) is 5.26 Å². The molecular formula is C18H21N3O3. The Morgan fingerprint density at radius 2 is 2.00 bits per heavy atom. The van der Waals surface area contributed by atoms with E-state index in [4.69, 9.17) is 10.00 Å². The molecule has 1 unspecified atom stereocenters. The summed E-state index contributed by atoms with van der Waals surface area (Å²) in [5, 5.41) is 14.5. The zero-order chi connectivity index (χ0) is 17.0. The number of nitriles is 1. The first-order chi connectivity index (χ1) is 11.6. The van der Waals surface area contributed by atoms with Gasteiger partial charge in [-0.05, 0) is 30.7 Å². The number of alkyl carbamates (subject to hydrolysis) is 1. The van der Waals surface area contributed by atoms with Crippen LogP contribution in [0.5, 0.6) is 0 Å². The van der Waals surface area contributed by atoms with Crippen molar-refractivity contribution in [1.82, 2.24) is 10.6 Å². The van der Waals surface area contributed by atoms with E-state index in [0.29, 0.717) is 31.7 Å². The van der Waals surface area contributed by atoms with Crippen molar-refractivity contribution in [3.63, 3.8) is 0 Å². The smallest absolute Gasteiger partial charge is 0.408 e. The normalized spacial score (nSPS) is 18.8.